The van der Waals surface area contributed by atoms with Crippen molar-refractivity contribution in [2.45, 2.75) is 71.3 Å². The lowest BCUT2D eigenvalue weighted by atomic mass is 9.45. The van der Waals surface area contributed by atoms with Gasteiger partial charge in [0, 0.05) is 45.3 Å². The molecule has 4 aliphatic carbocycles. The number of esters is 1. The lowest BCUT2D eigenvalue weighted by Crippen LogP contribution is -2.56. The Kier molecular flexibility index (Phi) is 5.82. The van der Waals surface area contributed by atoms with Gasteiger partial charge in [-0.1, -0.05) is 25.5 Å². The molecule has 0 bridgehead atoms. The van der Waals surface area contributed by atoms with Crippen molar-refractivity contribution in [1.82, 2.24) is 15.1 Å². The highest BCUT2D eigenvalue weighted by atomic mass is 16.5. The molecule has 6 nitrogen and oxygen atoms in total. The molecule has 2 heterocycles. The van der Waals surface area contributed by atoms with E-state index in [1.165, 1.54) is 44.1 Å². The van der Waals surface area contributed by atoms with Crippen molar-refractivity contribution in [2.24, 2.45) is 34.5 Å². The smallest absolute Gasteiger partial charge is 0.331 e. The second kappa shape index (κ2) is 8.64. The highest BCUT2D eigenvalue weighted by Gasteiger charge is 2.58. The summed E-state index contributed by atoms with van der Waals surface area (Å²) >= 11 is 0. The molecule has 192 valence electrons. The van der Waals surface area contributed by atoms with Gasteiger partial charge in [0.15, 0.2) is 0 Å². The van der Waals surface area contributed by atoms with Crippen LogP contribution in [0.4, 0.5) is 4.79 Å². The Morgan fingerprint density at radius 2 is 1.94 bits per heavy atom. The van der Waals surface area contributed by atoms with Crippen LogP contribution in [0.5, 0.6) is 0 Å². The molecule has 2 amide bonds. The van der Waals surface area contributed by atoms with Crippen molar-refractivity contribution in [2.75, 3.05) is 39.8 Å². The average molecular weight is 482 g/mol. The lowest BCUT2D eigenvalue weighted by molar-refractivity contribution is -0.135. The van der Waals surface area contributed by atoms with Gasteiger partial charge in [0.05, 0.1) is 0 Å². The van der Waals surface area contributed by atoms with Gasteiger partial charge in [0.25, 0.3) is 0 Å². The van der Waals surface area contributed by atoms with E-state index in [4.69, 9.17) is 4.74 Å². The highest BCUT2D eigenvalue weighted by Crippen LogP contribution is 2.66. The predicted octanol–water partition coefficient (Wildman–Crippen LogP) is 4.37. The summed E-state index contributed by atoms with van der Waals surface area (Å²) in [4.78, 5) is 29.0. The molecule has 35 heavy (non-hydrogen) atoms. The van der Waals surface area contributed by atoms with Gasteiger partial charge in [-0.2, -0.15) is 0 Å². The number of fused-ring (bicyclic) bond motifs is 5. The van der Waals surface area contributed by atoms with Crippen molar-refractivity contribution in [3.8, 4) is 0 Å². The number of piperazine rings is 1. The minimum absolute atomic E-state index is 0.157. The molecule has 0 aromatic carbocycles. The molecule has 0 spiro atoms. The molecule has 4 fully saturated rings. The number of carbonyl (C=O) groups excluding carboxylic acids is 2. The number of hydrogen-bond donors (Lipinski definition) is 1. The Bertz CT molecular complexity index is 953. The Morgan fingerprint density at radius 3 is 2.69 bits per heavy atom. The van der Waals surface area contributed by atoms with Crippen LogP contribution in [0.15, 0.2) is 23.3 Å². The quantitative estimate of drug-likeness (QED) is 0.470. The summed E-state index contributed by atoms with van der Waals surface area (Å²) in [5.41, 5.74) is 3.49. The monoisotopic (exact) mass is 481 g/mol. The van der Waals surface area contributed by atoms with Crippen LogP contribution in [0.2, 0.25) is 0 Å². The van der Waals surface area contributed by atoms with E-state index in [0.717, 1.165) is 44.9 Å². The van der Waals surface area contributed by atoms with E-state index in [2.05, 4.69) is 30.1 Å². The molecule has 0 radical (unpaired) electrons. The van der Waals surface area contributed by atoms with E-state index >= 15 is 0 Å². The topological polar surface area (TPSA) is 61.9 Å². The van der Waals surface area contributed by atoms with Crippen LogP contribution < -0.4 is 5.32 Å². The summed E-state index contributed by atoms with van der Waals surface area (Å²) in [6.45, 7) is 9.02. The maximum atomic E-state index is 13.2. The number of nitrogens with zero attached hydrogens (tertiary/aromatic N) is 2. The molecule has 1 N–H and O–H groups in total. The number of rotatable bonds is 2. The van der Waals surface area contributed by atoms with Crippen LogP contribution in [0.3, 0.4) is 0 Å². The van der Waals surface area contributed by atoms with E-state index in [0.29, 0.717) is 35.8 Å². The predicted molar refractivity (Wildman–Crippen MR) is 136 cm³/mol. The molecule has 0 unspecified atom stereocenters. The largest absolute Gasteiger partial charge is 0.458 e. The number of allylic oxidation sites excluding steroid dienone is 2. The first kappa shape index (κ1) is 23.6. The minimum Gasteiger partial charge on any atom is -0.458 e. The van der Waals surface area contributed by atoms with Crippen molar-refractivity contribution >= 4 is 12.0 Å². The van der Waals surface area contributed by atoms with E-state index in [-0.39, 0.29) is 17.4 Å². The van der Waals surface area contributed by atoms with Crippen molar-refractivity contribution in [3.63, 3.8) is 0 Å². The number of amides is 2. The normalized spacial score (nSPS) is 42.9. The van der Waals surface area contributed by atoms with Gasteiger partial charge < -0.3 is 19.9 Å². The van der Waals surface area contributed by atoms with Gasteiger partial charge in [0.1, 0.15) is 6.61 Å². The highest BCUT2D eigenvalue weighted by molar-refractivity contribution is 5.85. The fraction of sp³-hybridized carbons (Fsp3) is 0.793. The van der Waals surface area contributed by atoms with E-state index < -0.39 is 0 Å². The maximum Gasteiger partial charge on any atom is 0.331 e. The summed E-state index contributed by atoms with van der Waals surface area (Å²) in [5, 5.41) is 3.35. The van der Waals surface area contributed by atoms with Crippen LogP contribution in [0, 0.1) is 34.5 Å². The minimum atomic E-state index is -0.157. The van der Waals surface area contributed by atoms with Gasteiger partial charge >= 0.3 is 12.0 Å². The summed E-state index contributed by atoms with van der Waals surface area (Å²) < 4.78 is 5.29. The molecule has 3 saturated carbocycles. The fourth-order valence-corrected chi connectivity index (χ4v) is 9.30. The summed E-state index contributed by atoms with van der Waals surface area (Å²) in [7, 11) is 2.05. The zero-order chi connectivity index (χ0) is 24.4. The Balaban J connectivity index is 1.15. The molecule has 6 aliphatic rings. The summed E-state index contributed by atoms with van der Waals surface area (Å²) in [6, 6.07) is 0.607. The van der Waals surface area contributed by atoms with Crippen LogP contribution in [0.25, 0.3) is 0 Å². The number of ether oxygens (including phenoxy) is 1. The third-order valence-electron chi connectivity index (χ3n) is 11.4. The fourth-order valence-electron chi connectivity index (χ4n) is 9.30. The summed E-state index contributed by atoms with van der Waals surface area (Å²) in [6.07, 6.45) is 14.0. The zero-order valence-corrected chi connectivity index (χ0v) is 21.9. The van der Waals surface area contributed by atoms with Crippen LogP contribution >= 0.6 is 0 Å². The Hall–Kier alpha value is -1.82. The summed E-state index contributed by atoms with van der Waals surface area (Å²) in [5.74, 6) is 2.44. The number of urea groups is 1. The lowest BCUT2D eigenvalue weighted by Gasteiger charge is -2.60. The second-order valence-electron chi connectivity index (χ2n) is 12.8. The van der Waals surface area contributed by atoms with Gasteiger partial charge in [-0.15, -0.1) is 0 Å². The van der Waals surface area contributed by atoms with E-state index in [1.54, 1.807) is 11.6 Å². The van der Waals surface area contributed by atoms with Crippen LogP contribution in [-0.4, -0.2) is 67.7 Å². The first-order chi connectivity index (χ1) is 16.8. The van der Waals surface area contributed by atoms with Crippen molar-refractivity contribution in [3.05, 3.63) is 23.3 Å². The van der Waals surface area contributed by atoms with E-state index in [1.807, 2.05) is 11.9 Å². The standard InChI is InChI=1S/C29H43N3O3/c1-28-10-8-21(31(3)27(34)32-14-12-30-13-15-32)17-20(28)4-5-22-24-7-6-23(19-16-26(33)35-18-19)29(24,2)11-9-25(22)28/h7,16,20-23,25,30H,4-6,8-15,17-18H2,1-3H3/t20-,21+,22+,23-,25+,28+,29-/m1/s1. The van der Waals surface area contributed by atoms with Gasteiger partial charge in [-0.25, -0.2) is 9.59 Å². The SMILES string of the molecule is CN(C(=O)N1CCNCC1)[C@H]1CC[C@@]2(C)[C@H](CC[C@H]3C4=CC[C@H](C5=CC(=O)OC5)[C@@]4(C)CC[C@@H]32)C1. The molecule has 6 rings (SSSR count). The third kappa shape index (κ3) is 3.69. The van der Waals surface area contributed by atoms with Crippen molar-refractivity contribution in [1.29, 1.82) is 0 Å². The number of cyclic esters (lactones) is 1. The van der Waals surface area contributed by atoms with Gasteiger partial charge in [-0.3, -0.25) is 0 Å². The average Bonchev–Trinajstić information content (AvgIpc) is 3.45. The molecule has 7 atom stereocenters. The molecular formula is C29H43N3O3. The van der Waals surface area contributed by atoms with Gasteiger partial charge in [-0.05, 0) is 91.4 Å². The van der Waals surface area contributed by atoms with Crippen LogP contribution in [0.1, 0.15) is 65.2 Å². The Morgan fingerprint density at radius 1 is 1.14 bits per heavy atom. The van der Waals surface area contributed by atoms with Gasteiger partial charge in [0.2, 0.25) is 0 Å². The molecule has 0 aromatic heterocycles. The molecule has 1 saturated heterocycles. The number of hydrogen-bond acceptors (Lipinski definition) is 4. The number of carbonyl (C=O) groups is 2. The first-order valence-electron chi connectivity index (χ1n) is 14.1. The van der Waals surface area contributed by atoms with Crippen molar-refractivity contribution < 1.29 is 14.3 Å². The molecule has 6 heteroatoms. The maximum absolute atomic E-state index is 13.2. The molecule has 0 aromatic rings. The first-order valence-corrected chi connectivity index (χ1v) is 14.1. The molecular weight excluding hydrogens is 438 g/mol. The zero-order valence-electron chi connectivity index (χ0n) is 21.9. The second-order valence-corrected chi connectivity index (χ2v) is 12.8. The Labute approximate surface area is 210 Å². The number of nitrogens with one attached hydrogen (secondary N) is 1. The van der Waals surface area contributed by atoms with E-state index in [9.17, 15) is 9.59 Å². The third-order valence-corrected chi connectivity index (χ3v) is 11.4. The van der Waals surface area contributed by atoms with Crippen LogP contribution in [-0.2, 0) is 9.53 Å². The molecule has 2 aliphatic heterocycles.